The summed E-state index contributed by atoms with van der Waals surface area (Å²) in [4.78, 5) is 4.30. The maximum absolute atomic E-state index is 12.0. The lowest BCUT2D eigenvalue weighted by Crippen LogP contribution is -2.10. The van der Waals surface area contributed by atoms with Crippen molar-refractivity contribution in [3.63, 3.8) is 0 Å². The summed E-state index contributed by atoms with van der Waals surface area (Å²) in [5.74, 6) is -0.658. The van der Waals surface area contributed by atoms with E-state index in [0.717, 1.165) is 0 Å². The molecule has 1 rings (SSSR count). The average Bonchev–Trinajstić information content (AvgIpc) is 1.77. The van der Waals surface area contributed by atoms with Gasteiger partial charge in [-0.25, -0.2) is 0 Å². The zero-order valence-electron chi connectivity index (χ0n) is 3.82. The summed E-state index contributed by atoms with van der Waals surface area (Å²) in [6.07, 6.45) is 2.57. The van der Waals surface area contributed by atoms with E-state index in [1.54, 1.807) is 0 Å². The van der Waals surface area contributed by atoms with Crippen LogP contribution in [0.15, 0.2) is 23.3 Å². The quantitative estimate of drug-likeness (QED) is 0.507. The van der Waals surface area contributed by atoms with Crippen LogP contribution in [-0.4, -0.2) is 0 Å². The largest absolute Gasteiger partial charge is 0.388 e. The van der Waals surface area contributed by atoms with Crippen LogP contribution >= 0.6 is 11.6 Å². The molecule has 1 aliphatic heterocycles. The fraction of sp³-hybridized carbons (Fsp3) is 0. The topological polar surface area (TPSA) is 21.3 Å². The molecule has 0 radical (unpaired) electrons. The second kappa shape index (κ2) is 2.05. The summed E-state index contributed by atoms with van der Waals surface area (Å²) in [6, 6.07) is 0. The van der Waals surface area contributed by atoms with E-state index in [-0.39, 0.29) is 5.03 Å². The Morgan fingerprint density at radius 2 is 2.50 bits per heavy atom. The molecule has 44 valence electrons. The Hall–Kier alpha value is -0.700. The zero-order valence-corrected chi connectivity index (χ0v) is 4.57. The second-order valence-corrected chi connectivity index (χ2v) is 1.59. The van der Waals surface area contributed by atoms with Gasteiger partial charge in [-0.05, 0) is 6.08 Å². The summed E-state index contributed by atoms with van der Waals surface area (Å²) in [6.45, 7) is 0. The Balaban J connectivity index is 2.76. The van der Waals surface area contributed by atoms with Gasteiger partial charge in [-0.1, -0.05) is 11.6 Å². The average molecular weight is 136 g/mol. The lowest BCUT2D eigenvalue weighted by atomic mass is 10.5. The molecule has 1 aliphatic rings. The first-order chi connectivity index (χ1) is 3.80. The lowest BCUT2D eigenvalue weighted by molar-refractivity contribution is 0.133. The van der Waals surface area contributed by atoms with Gasteiger partial charge in [-0.3, -0.25) is 0 Å². The van der Waals surface area contributed by atoms with Crippen LogP contribution in [0.25, 0.3) is 0 Å². The van der Waals surface area contributed by atoms with Crippen molar-refractivity contribution in [3.8, 4) is 0 Å². The molecule has 0 aromatic heterocycles. The molecule has 0 atom stereocenters. The second-order valence-electron chi connectivity index (χ2n) is 1.18. The van der Waals surface area contributed by atoms with Gasteiger partial charge in [0.2, 0.25) is 5.95 Å². The van der Waals surface area contributed by atoms with Gasteiger partial charge in [0.25, 0.3) is 0 Å². The van der Waals surface area contributed by atoms with Crippen molar-refractivity contribution in [1.82, 2.24) is 5.48 Å². The molecule has 0 bridgehead atoms. The summed E-state index contributed by atoms with van der Waals surface area (Å²) in [5.41, 5.74) is 1.93. The van der Waals surface area contributed by atoms with Gasteiger partial charge in [-0.2, -0.15) is 9.87 Å². The van der Waals surface area contributed by atoms with Gasteiger partial charge in [0.15, 0.2) is 0 Å². The minimum atomic E-state index is -0.658. The third-order valence-corrected chi connectivity index (χ3v) is 0.933. The van der Waals surface area contributed by atoms with E-state index in [1.807, 2.05) is 5.48 Å². The Labute approximate surface area is 50.5 Å². The van der Waals surface area contributed by atoms with Gasteiger partial charge >= 0.3 is 0 Å². The third-order valence-electron chi connectivity index (χ3n) is 0.641. The fourth-order valence-electron chi connectivity index (χ4n) is 0.301. The van der Waals surface area contributed by atoms with Gasteiger partial charge in [0.05, 0.1) is 5.03 Å². The van der Waals surface area contributed by atoms with Crippen LogP contribution < -0.4 is 5.48 Å². The molecule has 1 N–H and O–H groups in total. The minimum Gasteiger partial charge on any atom is -0.388 e. The molecule has 4 heteroatoms. The van der Waals surface area contributed by atoms with E-state index >= 15 is 0 Å². The highest BCUT2D eigenvalue weighted by atomic mass is 35.5. The molecule has 0 saturated heterocycles. The Bertz CT molecular complexity index is 154. The van der Waals surface area contributed by atoms with Crippen molar-refractivity contribution in [1.29, 1.82) is 0 Å². The number of hydrogen-bond donors (Lipinski definition) is 1. The number of halogens is 2. The van der Waals surface area contributed by atoms with E-state index in [1.165, 1.54) is 12.3 Å². The summed E-state index contributed by atoms with van der Waals surface area (Å²) >= 11 is 5.24. The molecular weight excluding hydrogens is 133 g/mol. The molecule has 0 saturated carbocycles. The zero-order chi connectivity index (χ0) is 5.98. The molecule has 1 heterocycles. The number of hydrogen-bond acceptors (Lipinski definition) is 2. The monoisotopic (exact) mass is 135 g/mol. The summed E-state index contributed by atoms with van der Waals surface area (Å²) in [7, 11) is 0. The number of allylic oxidation sites excluding steroid dienone is 2. The summed E-state index contributed by atoms with van der Waals surface area (Å²) < 4.78 is 12.0. The molecule has 0 fully saturated rings. The highest BCUT2D eigenvalue weighted by molar-refractivity contribution is 6.31. The van der Waals surface area contributed by atoms with Crippen LogP contribution in [-0.2, 0) is 4.84 Å². The van der Waals surface area contributed by atoms with Crippen LogP contribution in [0.4, 0.5) is 4.39 Å². The Morgan fingerprint density at radius 1 is 1.75 bits per heavy atom. The van der Waals surface area contributed by atoms with Crippen molar-refractivity contribution in [2.24, 2.45) is 0 Å². The first-order valence-electron chi connectivity index (χ1n) is 1.94. The molecule has 0 aliphatic carbocycles. The predicted octanol–water partition coefficient (Wildman–Crippen LogP) is 1.41. The SMILES string of the molecule is FC1=C(Cl)C=CON1. The van der Waals surface area contributed by atoms with Crippen molar-refractivity contribution in [2.75, 3.05) is 0 Å². The van der Waals surface area contributed by atoms with Gasteiger partial charge in [-0.15, -0.1) is 0 Å². The highest BCUT2D eigenvalue weighted by Crippen LogP contribution is 2.12. The molecule has 0 unspecified atom stereocenters. The van der Waals surface area contributed by atoms with Crippen LogP contribution in [0, 0.1) is 0 Å². The number of hydroxylamine groups is 1. The van der Waals surface area contributed by atoms with E-state index in [4.69, 9.17) is 11.6 Å². The van der Waals surface area contributed by atoms with Gasteiger partial charge < -0.3 is 4.84 Å². The van der Waals surface area contributed by atoms with Gasteiger partial charge in [0.1, 0.15) is 6.26 Å². The number of rotatable bonds is 0. The van der Waals surface area contributed by atoms with Crippen molar-refractivity contribution in [3.05, 3.63) is 23.3 Å². The van der Waals surface area contributed by atoms with Crippen LogP contribution in [0.1, 0.15) is 0 Å². The molecule has 0 spiro atoms. The van der Waals surface area contributed by atoms with E-state index in [2.05, 4.69) is 4.84 Å². The standard InChI is InChI=1S/C4H3ClFNO/c5-3-1-2-8-7-4(3)6/h1-2,7H. The van der Waals surface area contributed by atoms with Crippen molar-refractivity contribution in [2.45, 2.75) is 0 Å². The van der Waals surface area contributed by atoms with Crippen LogP contribution in [0.2, 0.25) is 0 Å². The molecule has 2 nitrogen and oxygen atoms in total. The Morgan fingerprint density at radius 3 is 2.88 bits per heavy atom. The minimum absolute atomic E-state index is 0.0243. The molecule has 8 heavy (non-hydrogen) atoms. The van der Waals surface area contributed by atoms with Gasteiger partial charge in [0, 0.05) is 0 Å². The Kier molecular flexibility index (Phi) is 1.39. The van der Waals surface area contributed by atoms with Crippen LogP contribution in [0.5, 0.6) is 0 Å². The molecule has 0 aromatic carbocycles. The smallest absolute Gasteiger partial charge is 0.238 e. The molecular formula is C4H3ClFNO. The van der Waals surface area contributed by atoms with Crippen molar-refractivity contribution < 1.29 is 9.23 Å². The van der Waals surface area contributed by atoms with E-state index in [0.29, 0.717) is 0 Å². The van der Waals surface area contributed by atoms with E-state index in [9.17, 15) is 4.39 Å². The van der Waals surface area contributed by atoms with Crippen LogP contribution in [0.3, 0.4) is 0 Å². The summed E-state index contributed by atoms with van der Waals surface area (Å²) in [5, 5.41) is 0.0243. The molecule has 0 aromatic rings. The lowest BCUT2D eigenvalue weighted by Gasteiger charge is -2.05. The maximum Gasteiger partial charge on any atom is 0.238 e. The van der Waals surface area contributed by atoms with Crippen molar-refractivity contribution >= 4 is 11.6 Å². The first kappa shape index (κ1) is 5.44. The normalized spacial score (nSPS) is 17.8. The molecule has 0 amide bonds. The fourth-order valence-corrected chi connectivity index (χ4v) is 0.391. The highest BCUT2D eigenvalue weighted by Gasteiger charge is 2.02. The third kappa shape index (κ3) is 0.924. The number of nitrogens with one attached hydrogen (secondary N) is 1. The maximum atomic E-state index is 12.0. The first-order valence-corrected chi connectivity index (χ1v) is 2.32. The van der Waals surface area contributed by atoms with E-state index < -0.39 is 5.95 Å². The predicted molar refractivity (Wildman–Crippen MR) is 27.3 cm³/mol.